The van der Waals surface area contributed by atoms with E-state index in [0.717, 1.165) is 4.47 Å². The van der Waals surface area contributed by atoms with Crippen molar-refractivity contribution in [1.29, 1.82) is 0 Å². The summed E-state index contributed by atoms with van der Waals surface area (Å²) in [4.78, 5) is 41.5. The number of esters is 1. The number of pyridine rings is 1. The smallest absolute Gasteiger partial charge is 0.329 e. The number of nitrogens with one attached hydrogen (secondary N) is 1. The molecule has 0 aliphatic heterocycles. The summed E-state index contributed by atoms with van der Waals surface area (Å²) in [7, 11) is 0. The van der Waals surface area contributed by atoms with Gasteiger partial charge in [-0.25, -0.2) is 9.78 Å². The molecule has 0 fully saturated rings. The molecule has 0 spiro atoms. The molecule has 0 saturated carbocycles. The van der Waals surface area contributed by atoms with Crippen molar-refractivity contribution in [3.8, 4) is 0 Å². The van der Waals surface area contributed by atoms with Crippen LogP contribution in [0, 0.1) is 5.92 Å². The van der Waals surface area contributed by atoms with E-state index < -0.39 is 12.0 Å². The van der Waals surface area contributed by atoms with Crippen LogP contribution in [0.5, 0.6) is 0 Å². The molecular weight excluding hydrogens is 438 g/mol. The maximum absolute atomic E-state index is 12.6. The molecule has 29 heavy (non-hydrogen) atoms. The van der Waals surface area contributed by atoms with E-state index in [0.29, 0.717) is 16.9 Å². The van der Waals surface area contributed by atoms with Gasteiger partial charge in [-0.2, -0.15) is 0 Å². The lowest BCUT2D eigenvalue weighted by Gasteiger charge is -2.20. The highest BCUT2D eigenvalue weighted by Gasteiger charge is 2.26. The summed E-state index contributed by atoms with van der Waals surface area (Å²) in [6, 6.07) is 12.6. The lowest BCUT2D eigenvalue weighted by atomic mass is 10.0. The van der Waals surface area contributed by atoms with Crippen molar-refractivity contribution in [2.45, 2.75) is 26.5 Å². The minimum atomic E-state index is -0.819. The number of nitrogens with zero attached hydrogens (tertiary/aromatic N) is 2. The topological polar surface area (TPSA) is 89.8 Å². The lowest BCUT2D eigenvalue weighted by Crippen LogP contribution is -2.45. The first kappa shape index (κ1) is 20.7. The molecule has 0 bridgehead atoms. The number of amides is 1. The maximum atomic E-state index is 12.6. The molecule has 1 amide bonds. The molecule has 3 aromatic rings. The van der Waals surface area contributed by atoms with Gasteiger partial charge in [-0.05, 0) is 46.1 Å². The zero-order chi connectivity index (χ0) is 21.0. The van der Waals surface area contributed by atoms with Crippen molar-refractivity contribution in [1.82, 2.24) is 14.7 Å². The van der Waals surface area contributed by atoms with Gasteiger partial charge in [0.2, 0.25) is 0 Å². The van der Waals surface area contributed by atoms with E-state index in [1.54, 1.807) is 42.6 Å². The third-order valence-corrected chi connectivity index (χ3v) is 4.75. The third kappa shape index (κ3) is 5.08. The second kappa shape index (κ2) is 9.00. The number of carbonyl (C=O) groups excluding carboxylic acids is 2. The third-order valence-electron chi connectivity index (χ3n) is 4.28. The second-order valence-corrected chi connectivity index (χ2v) is 7.75. The average Bonchev–Trinajstić information content (AvgIpc) is 2.71. The van der Waals surface area contributed by atoms with Crippen molar-refractivity contribution in [3.63, 3.8) is 0 Å². The van der Waals surface area contributed by atoms with Gasteiger partial charge in [0.25, 0.3) is 11.5 Å². The van der Waals surface area contributed by atoms with Crippen molar-refractivity contribution in [2.75, 3.05) is 0 Å². The number of benzene rings is 1. The fraction of sp³-hybridized carbons (Fsp3) is 0.238. The molecule has 2 heterocycles. The molecule has 8 heteroatoms. The van der Waals surface area contributed by atoms with Gasteiger partial charge < -0.3 is 10.1 Å². The number of fused-ring (bicyclic) bond motifs is 1. The number of hydrogen-bond donors (Lipinski definition) is 1. The summed E-state index contributed by atoms with van der Waals surface area (Å²) >= 11 is 3.31. The number of halogens is 1. The molecule has 0 aliphatic carbocycles. The highest BCUT2D eigenvalue weighted by atomic mass is 79.9. The molecule has 1 unspecified atom stereocenters. The first-order chi connectivity index (χ1) is 13.8. The van der Waals surface area contributed by atoms with Crippen LogP contribution >= 0.6 is 15.9 Å². The molecule has 0 aliphatic rings. The normalized spacial score (nSPS) is 12.0. The number of carbonyl (C=O) groups is 2. The zero-order valence-corrected chi connectivity index (χ0v) is 17.5. The highest BCUT2D eigenvalue weighted by Crippen LogP contribution is 2.11. The van der Waals surface area contributed by atoms with Crippen LogP contribution in [0.15, 0.2) is 64.0 Å². The Balaban J connectivity index is 1.70. The SMILES string of the molecule is CC(C)C(NC(=O)c1ccccc1)C(=O)OCc1cc(=O)n2cc(Br)ccc2n1. The van der Waals surface area contributed by atoms with E-state index in [2.05, 4.69) is 26.2 Å². The van der Waals surface area contributed by atoms with Gasteiger partial charge in [0.1, 0.15) is 18.3 Å². The Hall–Kier alpha value is -3.00. The van der Waals surface area contributed by atoms with Crippen LogP contribution in [-0.2, 0) is 16.1 Å². The van der Waals surface area contributed by atoms with Gasteiger partial charge in [-0.1, -0.05) is 32.0 Å². The zero-order valence-electron chi connectivity index (χ0n) is 16.0. The highest BCUT2D eigenvalue weighted by molar-refractivity contribution is 9.10. The maximum Gasteiger partial charge on any atom is 0.329 e. The fourth-order valence-electron chi connectivity index (χ4n) is 2.75. The lowest BCUT2D eigenvalue weighted by molar-refractivity contribution is -0.148. The molecule has 3 rings (SSSR count). The Morgan fingerprint density at radius 1 is 1.17 bits per heavy atom. The standard InChI is InChI=1S/C21H20BrN3O4/c1-13(2)19(24-20(27)14-6-4-3-5-7-14)21(28)29-12-16-10-18(26)25-11-15(22)8-9-17(25)23-16/h3-11,13,19H,12H2,1-2H3,(H,24,27). The number of ether oxygens (including phenoxy) is 1. The van der Waals surface area contributed by atoms with Gasteiger partial charge in [-0.15, -0.1) is 0 Å². The fourth-order valence-corrected chi connectivity index (χ4v) is 3.08. The summed E-state index contributed by atoms with van der Waals surface area (Å²) in [5.41, 5.74) is 0.966. The van der Waals surface area contributed by atoms with Crippen LogP contribution in [0.2, 0.25) is 0 Å². The van der Waals surface area contributed by atoms with Crippen molar-refractivity contribution < 1.29 is 14.3 Å². The predicted octanol–water partition coefficient (Wildman–Crippen LogP) is 2.95. The minimum absolute atomic E-state index is 0.162. The number of rotatable bonds is 6. The minimum Gasteiger partial charge on any atom is -0.458 e. The largest absolute Gasteiger partial charge is 0.458 e. The van der Waals surface area contributed by atoms with Crippen LogP contribution in [0.1, 0.15) is 29.9 Å². The van der Waals surface area contributed by atoms with Crippen LogP contribution in [0.25, 0.3) is 5.65 Å². The molecule has 1 atom stereocenters. The van der Waals surface area contributed by atoms with Gasteiger partial charge in [-0.3, -0.25) is 14.0 Å². The van der Waals surface area contributed by atoms with Crippen LogP contribution < -0.4 is 10.9 Å². The summed E-state index contributed by atoms with van der Waals surface area (Å²) < 4.78 is 7.49. The van der Waals surface area contributed by atoms with Crippen LogP contribution in [-0.4, -0.2) is 27.3 Å². The molecule has 1 N–H and O–H groups in total. The average molecular weight is 458 g/mol. The first-order valence-corrected chi connectivity index (χ1v) is 9.85. The van der Waals surface area contributed by atoms with Crippen LogP contribution in [0.3, 0.4) is 0 Å². The Labute approximate surface area is 175 Å². The van der Waals surface area contributed by atoms with Crippen LogP contribution in [0.4, 0.5) is 0 Å². The monoisotopic (exact) mass is 457 g/mol. The van der Waals surface area contributed by atoms with Crippen molar-refractivity contribution >= 4 is 33.5 Å². The van der Waals surface area contributed by atoms with Crippen molar-refractivity contribution in [3.05, 3.63) is 80.8 Å². The van der Waals surface area contributed by atoms with E-state index >= 15 is 0 Å². The Kier molecular flexibility index (Phi) is 6.43. The van der Waals surface area contributed by atoms with E-state index in [1.807, 2.05) is 19.9 Å². The van der Waals surface area contributed by atoms with E-state index in [9.17, 15) is 14.4 Å². The van der Waals surface area contributed by atoms with E-state index in [4.69, 9.17) is 4.74 Å². The predicted molar refractivity (Wildman–Crippen MR) is 111 cm³/mol. The Bertz CT molecular complexity index is 1100. The molecule has 150 valence electrons. The number of hydrogen-bond acceptors (Lipinski definition) is 5. The summed E-state index contributed by atoms with van der Waals surface area (Å²) in [5, 5.41) is 2.71. The summed E-state index contributed by atoms with van der Waals surface area (Å²) in [6.45, 7) is 3.47. The molecule has 1 aromatic carbocycles. The molecule has 0 saturated heterocycles. The molecule has 7 nitrogen and oxygen atoms in total. The summed E-state index contributed by atoms with van der Waals surface area (Å²) in [6.07, 6.45) is 1.62. The van der Waals surface area contributed by atoms with Crippen molar-refractivity contribution in [2.24, 2.45) is 5.92 Å². The Morgan fingerprint density at radius 2 is 1.90 bits per heavy atom. The van der Waals surface area contributed by atoms with Gasteiger partial charge in [0.05, 0.1) is 5.69 Å². The molecule has 0 radical (unpaired) electrons. The van der Waals surface area contributed by atoms with Gasteiger partial charge in [0, 0.05) is 22.3 Å². The van der Waals surface area contributed by atoms with Gasteiger partial charge >= 0.3 is 5.97 Å². The molecular formula is C21H20BrN3O4. The van der Waals surface area contributed by atoms with E-state index in [1.165, 1.54) is 10.5 Å². The molecule has 2 aromatic heterocycles. The Morgan fingerprint density at radius 3 is 2.59 bits per heavy atom. The summed E-state index contributed by atoms with van der Waals surface area (Å²) in [5.74, 6) is -1.11. The first-order valence-electron chi connectivity index (χ1n) is 9.05. The second-order valence-electron chi connectivity index (χ2n) is 6.83. The number of aromatic nitrogens is 2. The quantitative estimate of drug-likeness (QED) is 0.574. The van der Waals surface area contributed by atoms with E-state index in [-0.39, 0.29) is 24.0 Å². The van der Waals surface area contributed by atoms with Gasteiger partial charge in [0.15, 0.2) is 0 Å².